The molecular formula is C10H15NS2. The number of thioether (sulfide) groups is 2. The molecule has 0 amide bonds. The highest BCUT2D eigenvalue weighted by Crippen LogP contribution is 2.27. The number of anilines is 1. The van der Waals surface area contributed by atoms with Crippen LogP contribution in [0.2, 0.25) is 0 Å². The maximum absolute atomic E-state index is 5.79. The fourth-order valence-corrected chi connectivity index (χ4v) is 2.69. The summed E-state index contributed by atoms with van der Waals surface area (Å²) in [4.78, 5) is 2.55. The van der Waals surface area contributed by atoms with Crippen molar-refractivity contribution in [2.75, 3.05) is 17.2 Å². The highest BCUT2D eigenvalue weighted by Gasteiger charge is 1.98. The minimum Gasteiger partial charge on any atom is -0.399 e. The van der Waals surface area contributed by atoms with Gasteiger partial charge in [0.05, 0.1) is 0 Å². The third kappa shape index (κ3) is 3.53. The third-order valence-electron chi connectivity index (χ3n) is 1.52. The maximum atomic E-state index is 5.79. The average molecular weight is 213 g/mol. The molecule has 0 aliphatic heterocycles. The van der Waals surface area contributed by atoms with Crippen LogP contribution >= 0.6 is 23.5 Å². The molecule has 2 N–H and O–H groups in total. The predicted octanol–water partition coefficient (Wildman–Crippen LogP) is 3.49. The molecule has 0 saturated heterocycles. The molecule has 72 valence electrons. The molecule has 0 atom stereocenters. The van der Waals surface area contributed by atoms with Gasteiger partial charge in [-0.3, -0.25) is 0 Å². The lowest BCUT2D eigenvalue weighted by molar-refractivity contribution is 1.32. The summed E-state index contributed by atoms with van der Waals surface area (Å²) in [6.07, 6.45) is 0. The van der Waals surface area contributed by atoms with Crippen LogP contribution in [0.3, 0.4) is 0 Å². The molecular weight excluding hydrogens is 198 g/mol. The van der Waals surface area contributed by atoms with Gasteiger partial charge in [0.15, 0.2) is 0 Å². The fraction of sp³-hybridized carbons (Fsp3) is 0.400. The second-order valence-corrected chi connectivity index (χ2v) is 5.28. The van der Waals surface area contributed by atoms with E-state index in [-0.39, 0.29) is 0 Å². The zero-order valence-electron chi connectivity index (χ0n) is 8.04. The van der Waals surface area contributed by atoms with E-state index in [4.69, 9.17) is 5.73 Å². The first-order valence-electron chi connectivity index (χ1n) is 4.42. The second kappa shape index (κ2) is 5.45. The van der Waals surface area contributed by atoms with Crippen molar-refractivity contribution >= 4 is 29.2 Å². The molecule has 0 saturated carbocycles. The van der Waals surface area contributed by atoms with Crippen LogP contribution in [0, 0.1) is 0 Å². The Morgan fingerprint density at radius 2 is 1.46 bits per heavy atom. The van der Waals surface area contributed by atoms with Gasteiger partial charge in [0.2, 0.25) is 0 Å². The van der Waals surface area contributed by atoms with Crippen LogP contribution in [0.15, 0.2) is 28.0 Å². The molecule has 0 bridgehead atoms. The first-order valence-corrected chi connectivity index (χ1v) is 6.39. The summed E-state index contributed by atoms with van der Waals surface area (Å²) in [6.45, 7) is 4.31. The number of hydrogen-bond donors (Lipinski definition) is 1. The van der Waals surface area contributed by atoms with Crippen molar-refractivity contribution in [1.29, 1.82) is 0 Å². The first-order chi connectivity index (χ1) is 6.26. The van der Waals surface area contributed by atoms with Gasteiger partial charge in [-0.2, -0.15) is 0 Å². The van der Waals surface area contributed by atoms with Gasteiger partial charge in [-0.25, -0.2) is 0 Å². The summed E-state index contributed by atoms with van der Waals surface area (Å²) in [5.41, 5.74) is 6.66. The van der Waals surface area contributed by atoms with Crippen molar-refractivity contribution in [2.45, 2.75) is 23.6 Å². The largest absolute Gasteiger partial charge is 0.399 e. The first kappa shape index (κ1) is 10.8. The molecule has 13 heavy (non-hydrogen) atoms. The molecule has 1 aromatic carbocycles. The van der Waals surface area contributed by atoms with Gasteiger partial charge < -0.3 is 5.73 Å². The number of nitrogens with two attached hydrogens (primary N) is 1. The Hall–Kier alpha value is -0.280. The van der Waals surface area contributed by atoms with E-state index in [0.29, 0.717) is 0 Å². The predicted molar refractivity (Wildman–Crippen MR) is 63.7 cm³/mol. The number of rotatable bonds is 4. The molecule has 0 aliphatic carbocycles. The zero-order valence-corrected chi connectivity index (χ0v) is 9.67. The Labute approximate surface area is 88.5 Å². The van der Waals surface area contributed by atoms with Crippen LogP contribution < -0.4 is 5.73 Å². The van der Waals surface area contributed by atoms with Crippen molar-refractivity contribution in [3.05, 3.63) is 18.2 Å². The fourth-order valence-electron chi connectivity index (χ4n) is 1.09. The third-order valence-corrected chi connectivity index (χ3v) is 3.24. The van der Waals surface area contributed by atoms with E-state index in [0.717, 1.165) is 17.2 Å². The van der Waals surface area contributed by atoms with Gasteiger partial charge in [-0.1, -0.05) is 13.8 Å². The lowest BCUT2D eigenvalue weighted by atomic mass is 10.3. The Morgan fingerprint density at radius 3 is 1.85 bits per heavy atom. The van der Waals surface area contributed by atoms with Crippen molar-refractivity contribution in [2.24, 2.45) is 0 Å². The molecule has 0 spiro atoms. The SMILES string of the molecule is CCSc1cc(N)cc(SCC)c1. The summed E-state index contributed by atoms with van der Waals surface area (Å²) < 4.78 is 0. The molecule has 1 rings (SSSR count). The van der Waals surface area contributed by atoms with Gasteiger partial charge in [-0.05, 0) is 29.7 Å². The number of hydrogen-bond acceptors (Lipinski definition) is 3. The molecule has 0 radical (unpaired) electrons. The molecule has 0 aromatic heterocycles. The van der Waals surface area contributed by atoms with Gasteiger partial charge in [0.1, 0.15) is 0 Å². The van der Waals surface area contributed by atoms with E-state index in [1.54, 1.807) is 0 Å². The van der Waals surface area contributed by atoms with E-state index in [2.05, 4.69) is 19.9 Å². The minimum absolute atomic E-state index is 0.870. The monoisotopic (exact) mass is 213 g/mol. The van der Waals surface area contributed by atoms with E-state index >= 15 is 0 Å². The van der Waals surface area contributed by atoms with Crippen LogP contribution in [0.5, 0.6) is 0 Å². The maximum Gasteiger partial charge on any atom is 0.0336 e. The summed E-state index contributed by atoms with van der Waals surface area (Å²) in [5, 5.41) is 0. The lowest BCUT2D eigenvalue weighted by Crippen LogP contribution is -1.86. The van der Waals surface area contributed by atoms with E-state index < -0.39 is 0 Å². The van der Waals surface area contributed by atoms with E-state index in [1.165, 1.54) is 9.79 Å². The molecule has 3 heteroatoms. The van der Waals surface area contributed by atoms with Gasteiger partial charge in [-0.15, -0.1) is 23.5 Å². The van der Waals surface area contributed by atoms with Gasteiger partial charge in [0.25, 0.3) is 0 Å². The topological polar surface area (TPSA) is 26.0 Å². The Kier molecular flexibility index (Phi) is 4.53. The van der Waals surface area contributed by atoms with Crippen LogP contribution in [-0.4, -0.2) is 11.5 Å². The van der Waals surface area contributed by atoms with Gasteiger partial charge >= 0.3 is 0 Å². The molecule has 0 aliphatic rings. The summed E-state index contributed by atoms with van der Waals surface area (Å²) in [5.74, 6) is 2.19. The summed E-state index contributed by atoms with van der Waals surface area (Å²) in [6, 6.07) is 6.28. The highest BCUT2D eigenvalue weighted by molar-refractivity contribution is 8.00. The molecule has 0 fully saturated rings. The normalized spacial score (nSPS) is 10.3. The Morgan fingerprint density at radius 1 is 1.00 bits per heavy atom. The smallest absolute Gasteiger partial charge is 0.0336 e. The quantitative estimate of drug-likeness (QED) is 0.612. The van der Waals surface area contributed by atoms with Crippen molar-refractivity contribution in [3.8, 4) is 0 Å². The van der Waals surface area contributed by atoms with Crippen LogP contribution in [0.25, 0.3) is 0 Å². The molecule has 0 unspecified atom stereocenters. The van der Waals surface area contributed by atoms with Crippen LogP contribution in [0.1, 0.15) is 13.8 Å². The Bertz CT molecular complexity index is 249. The molecule has 1 nitrogen and oxygen atoms in total. The minimum atomic E-state index is 0.870. The molecule has 1 aromatic rings. The average Bonchev–Trinajstić information content (AvgIpc) is 2.04. The Balaban J connectivity index is 2.83. The van der Waals surface area contributed by atoms with E-state index in [9.17, 15) is 0 Å². The highest BCUT2D eigenvalue weighted by atomic mass is 32.2. The van der Waals surface area contributed by atoms with Gasteiger partial charge in [0, 0.05) is 15.5 Å². The standard InChI is InChI=1S/C10H15NS2/c1-3-12-9-5-8(11)6-10(7-9)13-4-2/h5-7H,3-4,11H2,1-2H3. The molecule has 0 heterocycles. The lowest BCUT2D eigenvalue weighted by Gasteiger charge is -2.04. The summed E-state index contributed by atoms with van der Waals surface area (Å²) >= 11 is 3.67. The van der Waals surface area contributed by atoms with E-state index in [1.807, 2.05) is 35.7 Å². The summed E-state index contributed by atoms with van der Waals surface area (Å²) in [7, 11) is 0. The van der Waals surface area contributed by atoms with Crippen molar-refractivity contribution in [1.82, 2.24) is 0 Å². The van der Waals surface area contributed by atoms with Crippen LogP contribution in [-0.2, 0) is 0 Å². The van der Waals surface area contributed by atoms with Crippen molar-refractivity contribution in [3.63, 3.8) is 0 Å². The van der Waals surface area contributed by atoms with Crippen LogP contribution in [0.4, 0.5) is 5.69 Å². The zero-order chi connectivity index (χ0) is 9.68. The second-order valence-electron chi connectivity index (χ2n) is 2.60. The number of benzene rings is 1. The van der Waals surface area contributed by atoms with Crippen molar-refractivity contribution < 1.29 is 0 Å². The number of nitrogen functional groups attached to an aromatic ring is 1.